The van der Waals surface area contributed by atoms with E-state index in [1.54, 1.807) is 0 Å². The zero-order chi connectivity index (χ0) is 10.7. The van der Waals surface area contributed by atoms with Crippen molar-refractivity contribution in [3.8, 4) is 0 Å². The molecule has 0 aliphatic carbocycles. The number of nitrogens with zero attached hydrogens (tertiary/aromatic N) is 1. The monoisotopic (exact) mass is 201 g/mol. The molecule has 80 valence electrons. The third-order valence-electron chi connectivity index (χ3n) is 3.20. The molecule has 1 nitrogen and oxygen atoms in total. The molecule has 1 aliphatic rings. The molecule has 1 saturated heterocycles. The number of piperidine rings is 1. The van der Waals surface area contributed by atoms with Gasteiger partial charge in [-0.1, -0.05) is 24.8 Å². The number of anilines is 1. The first-order valence-corrected chi connectivity index (χ1v) is 5.80. The fourth-order valence-corrected chi connectivity index (χ4v) is 2.34. The summed E-state index contributed by atoms with van der Waals surface area (Å²) in [5.41, 5.74) is 4.00. The minimum atomic E-state index is 1.20. The van der Waals surface area contributed by atoms with Crippen LogP contribution >= 0.6 is 0 Å². The Hall–Kier alpha value is -1.24. The van der Waals surface area contributed by atoms with E-state index in [-0.39, 0.29) is 0 Å². The van der Waals surface area contributed by atoms with Crippen LogP contribution in [0.15, 0.2) is 24.8 Å². The van der Waals surface area contributed by atoms with Gasteiger partial charge in [-0.25, -0.2) is 0 Å². The van der Waals surface area contributed by atoms with Crippen molar-refractivity contribution >= 4 is 11.8 Å². The van der Waals surface area contributed by atoms with E-state index in [1.807, 2.05) is 6.08 Å². The lowest BCUT2D eigenvalue weighted by atomic mass is 10.0. The third-order valence-corrected chi connectivity index (χ3v) is 3.20. The molecule has 15 heavy (non-hydrogen) atoms. The van der Waals surface area contributed by atoms with Gasteiger partial charge in [0.2, 0.25) is 0 Å². The van der Waals surface area contributed by atoms with Gasteiger partial charge in [-0.2, -0.15) is 0 Å². The number of hydrogen-bond donors (Lipinski definition) is 0. The second-order valence-electron chi connectivity index (χ2n) is 4.26. The second-order valence-corrected chi connectivity index (χ2v) is 4.26. The summed E-state index contributed by atoms with van der Waals surface area (Å²) in [6.45, 7) is 8.48. The highest BCUT2D eigenvalue weighted by Gasteiger charge is 2.13. The van der Waals surface area contributed by atoms with E-state index in [1.165, 1.54) is 49.2 Å². The van der Waals surface area contributed by atoms with Crippen molar-refractivity contribution < 1.29 is 0 Å². The minimum Gasteiger partial charge on any atom is -0.371 e. The van der Waals surface area contributed by atoms with Crippen LogP contribution in [0.25, 0.3) is 6.08 Å². The van der Waals surface area contributed by atoms with E-state index in [0.717, 1.165) is 0 Å². The van der Waals surface area contributed by atoms with Crippen LogP contribution in [0.1, 0.15) is 30.4 Å². The predicted molar refractivity (Wildman–Crippen MR) is 67.3 cm³/mol. The van der Waals surface area contributed by atoms with Crippen LogP contribution in [-0.2, 0) is 0 Å². The van der Waals surface area contributed by atoms with Crippen molar-refractivity contribution in [1.29, 1.82) is 0 Å². The van der Waals surface area contributed by atoms with Crippen LogP contribution in [0.3, 0.4) is 0 Å². The van der Waals surface area contributed by atoms with Crippen LogP contribution in [0.4, 0.5) is 5.69 Å². The molecule has 0 bridgehead atoms. The fraction of sp³-hybridized carbons (Fsp3) is 0.429. The third kappa shape index (κ3) is 2.06. The summed E-state index contributed by atoms with van der Waals surface area (Å²) in [5.74, 6) is 0. The van der Waals surface area contributed by atoms with Crippen LogP contribution in [0.5, 0.6) is 0 Å². The Morgan fingerprint density at radius 3 is 2.60 bits per heavy atom. The molecule has 1 aliphatic heterocycles. The highest BCUT2D eigenvalue weighted by molar-refractivity contribution is 5.69. The fourth-order valence-electron chi connectivity index (χ4n) is 2.34. The van der Waals surface area contributed by atoms with E-state index < -0.39 is 0 Å². The molecule has 0 spiro atoms. The van der Waals surface area contributed by atoms with Crippen LogP contribution in [0.2, 0.25) is 0 Å². The van der Waals surface area contributed by atoms with Crippen molar-refractivity contribution in [2.75, 3.05) is 18.0 Å². The summed E-state index contributed by atoms with van der Waals surface area (Å²) in [6.07, 6.45) is 6.01. The molecule has 1 heterocycles. The van der Waals surface area contributed by atoms with Crippen molar-refractivity contribution in [2.45, 2.75) is 26.2 Å². The van der Waals surface area contributed by atoms with E-state index >= 15 is 0 Å². The van der Waals surface area contributed by atoms with E-state index in [4.69, 9.17) is 0 Å². The number of aryl methyl sites for hydroxylation is 1. The van der Waals surface area contributed by atoms with E-state index in [0.29, 0.717) is 0 Å². The highest BCUT2D eigenvalue weighted by Crippen LogP contribution is 2.27. The molecule has 0 amide bonds. The van der Waals surface area contributed by atoms with Gasteiger partial charge < -0.3 is 4.90 Å². The van der Waals surface area contributed by atoms with Gasteiger partial charge in [0.05, 0.1) is 0 Å². The van der Waals surface area contributed by atoms with Gasteiger partial charge in [0.15, 0.2) is 0 Å². The first-order valence-electron chi connectivity index (χ1n) is 5.80. The molecule has 0 radical (unpaired) electrons. The molecule has 2 rings (SSSR count). The number of benzene rings is 1. The van der Waals surface area contributed by atoms with Crippen LogP contribution in [0, 0.1) is 6.92 Å². The molecule has 0 saturated carbocycles. The maximum atomic E-state index is 3.92. The average Bonchev–Trinajstić information content (AvgIpc) is 2.30. The van der Waals surface area contributed by atoms with Gasteiger partial charge in [0.25, 0.3) is 0 Å². The Labute approximate surface area is 92.4 Å². The summed E-state index contributed by atoms with van der Waals surface area (Å²) >= 11 is 0. The standard InChI is InChI=1S/C14H19N/c1-3-13-12(2)8-7-9-14(13)15-10-5-4-6-11-15/h3,7-9H,1,4-6,10-11H2,2H3. The molecular weight excluding hydrogens is 182 g/mol. The molecule has 1 aromatic rings. The first kappa shape index (κ1) is 10.3. The average molecular weight is 201 g/mol. The lowest BCUT2D eigenvalue weighted by Gasteiger charge is -2.30. The Kier molecular flexibility index (Phi) is 3.10. The van der Waals surface area contributed by atoms with Gasteiger partial charge >= 0.3 is 0 Å². The molecule has 0 atom stereocenters. The van der Waals surface area contributed by atoms with Crippen molar-refractivity contribution in [1.82, 2.24) is 0 Å². The smallest absolute Gasteiger partial charge is 0.0442 e. The van der Waals surface area contributed by atoms with Gasteiger partial charge in [-0.05, 0) is 37.8 Å². The summed E-state index contributed by atoms with van der Waals surface area (Å²) in [4.78, 5) is 2.49. The van der Waals surface area contributed by atoms with Crippen molar-refractivity contribution in [3.05, 3.63) is 35.9 Å². The summed E-state index contributed by atoms with van der Waals surface area (Å²) in [7, 11) is 0. The maximum Gasteiger partial charge on any atom is 0.0442 e. The number of rotatable bonds is 2. The molecule has 1 heteroatoms. The minimum absolute atomic E-state index is 1.20. The summed E-state index contributed by atoms with van der Waals surface area (Å²) in [6, 6.07) is 6.52. The zero-order valence-electron chi connectivity index (χ0n) is 9.50. The Morgan fingerprint density at radius 2 is 1.93 bits per heavy atom. The molecule has 1 fully saturated rings. The highest BCUT2D eigenvalue weighted by atomic mass is 15.1. The van der Waals surface area contributed by atoms with Crippen molar-refractivity contribution in [3.63, 3.8) is 0 Å². The quantitative estimate of drug-likeness (QED) is 0.706. The van der Waals surface area contributed by atoms with Gasteiger partial charge in [-0.3, -0.25) is 0 Å². The topological polar surface area (TPSA) is 3.24 Å². The number of hydrogen-bond acceptors (Lipinski definition) is 1. The maximum absolute atomic E-state index is 3.92. The van der Waals surface area contributed by atoms with Gasteiger partial charge in [0, 0.05) is 24.3 Å². The van der Waals surface area contributed by atoms with Gasteiger partial charge in [0.1, 0.15) is 0 Å². The molecule has 0 N–H and O–H groups in total. The normalized spacial score (nSPS) is 16.5. The van der Waals surface area contributed by atoms with Gasteiger partial charge in [-0.15, -0.1) is 0 Å². The molecule has 0 unspecified atom stereocenters. The first-order chi connectivity index (χ1) is 7.33. The lowest BCUT2D eigenvalue weighted by Crippen LogP contribution is -2.30. The SMILES string of the molecule is C=Cc1c(C)cccc1N1CCCCC1. The lowest BCUT2D eigenvalue weighted by molar-refractivity contribution is 0.577. The van der Waals surface area contributed by atoms with Crippen molar-refractivity contribution in [2.24, 2.45) is 0 Å². The molecular formula is C14H19N. The zero-order valence-corrected chi connectivity index (χ0v) is 9.50. The Balaban J connectivity index is 2.33. The van der Waals surface area contributed by atoms with Crippen LogP contribution in [-0.4, -0.2) is 13.1 Å². The Bertz CT molecular complexity index is 348. The molecule has 0 aromatic heterocycles. The second kappa shape index (κ2) is 4.52. The summed E-state index contributed by atoms with van der Waals surface area (Å²) in [5, 5.41) is 0. The van der Waals surface area contributed by atoms with E-state index in [2.05, 4.69) is 36.6 Å². The summed E-state index contributed by atoms with van der Waals surface area (Å²) < 4.78 is 0. The largest absolute Gasteiger partial charge is 0.371 e. The van der Waals surface area contributed by atoms with Crippen LogP contribution < -0.4 is 4.90 Å². The predicted octanol–water partition coefficient (Wildman–Crippen LogP) is 3.63. The molecule has 1 aromatic carbocycles. The Morgan fingerprint density at radius 1 is 1.20 bits per heavy atom. The van der Waals surface area contributed by atoms with E-state index in [9.17, 15) is 0 Å².